The van der Waals surface area contributed by atoms with Gasteiger partial charge in [-0.3, -0.25) is 28.9 Å². The van der Waals surface area contributed by atoms with Crippen molar-refractivity contribution in [2.24, 2.45) is 35.3 Å². The van der Waals surface area contributed by atoms with Gasteiger partial charge in [0.1, 0.15) is 5.75 Å². The number of hydrogen-bond donors (Lipinski definition) is 3. The molecule has 0 bridgehead atoms. The summed E-state index contributed by atoms with van der Waals surface area (Å²) in [5.41, 5.74) is 6.20. The van der Waals surface area contributed by atoms with Crippen LogP contribution in [-0.4, -0.2) is 69.9 Å². The van der Waals surface area contributed by atoms with E-state index in [9.17, 15) is 34.2 Å². The van der Waals surface area contributed by atoms with E-state index in [-0.39, 0.29) is 24.2 Å². The van der Waals surface area contributed by atoms with Crippen LogP contribution in [-0.2, 0) is 32.0 Å². The smallest absolute Gasteiger partial charge is 0.235 e. The van der Waals surface area contributed by atoms with Crippen LogP contribution in [0.25, 0.3) is 21.9 Å². The average molecular weight is 653 g/mol. The van der Waals surface area contributed by atoms with Crippen LogP contribution in [0, 0.1) is 29.6 Å². The summed E-state index contributed by atoms with van der Waals surface area (Å²) in [5, 5.41) is 25.1. The highest BCUT2D eigenvalue weighted by atomic mass is 16.3. The maximum Gasteiger partial charge on any atom is 0.235 e. The van der Waals surface area contributed by atoms with Gasteiger partial charge in [0.15, 0.2) is 34.7 Å². The van der Waals surface area contributed by atoms with Crippen LogP contribution in [0.5, 0.6) is 5.75 Å². The maximum absolute atomic E-state index is 14.3. The van der Waals surface area contributed by atoms with E-state index in [4.69, 9.17) is 5.73 Å². The van der Waals surface area contributed by atoms with Crippen LogP contribution >= 0.6 is 0 Å². The van der Waals surface area contributed by atoms with Crippen LogP contribution in [0.2, 0.25) is 0 Å². The zero-order valence-corrected chi connectivity index (χ0v) is 28.0. The second-order valence-electron chi connectivity index (χ2n) is 14.2. The van der Waals surface area contributed by atoms with E-state index in [2.05, 4.69) is 38.1 Å². The molecule has 9 heteroatoms. The van der Waals surface area contributed by atoms with Gasteiger partial charge in [0.2, 0.25) is 5.91 Å². The fourth-order valence-corrected chi connectivity index (χ4v) is 9.11. The Balaban J connectivity index is 1.46. The van der Waals surface area contributed by atoms with E-state index in [1.54, 1.807) is 20.2 Å². The zero-order chi connectivity index (χ0) is 34.7. The van der Waals surface area contributed by atoms with Crippen molar-refractivity contribution in [1.82, 2.24) is 4.90 Å². The first-order valence-electron chi connectivity index (χ1n) is 17.1. The van der Waals surface area contributed by atoms with Gasteiger partial charge in [-0.25, -0.2) is 0 Å². The number of hydrogen-bond acceptors (Lipinski definition) is 8. The van der Waals surface area contributed by atoms with Crippen molar-refractivity contribution in [3.05, 3.63) is 65.2 Å². The van der Waals surface area contributed by atoms with Crippen LogP contribution in [0.1, 0.15) is 67.4 Å². The second-order valence-corrected chi connectivity index (χ2v) is 14.2. The van der Waals surface area contributed by atoms with Crippen molar-refractivity contribution in [1.29, 1.82) is 0 Å². The number of fused-ring (bicyclic) bond motifs is 4. The lowest BCUT2D eigenvalue weighted by molar-refractivity contribution is -0.181. The van der Waals surface area contributed by atoms with Crippen molar-refractivity contribution in [2.45, 2.75) is 70.4 Å². The summed E-state index contributed by atoms with van der Waals surface area (Å²) >= 11 is 0. The predicted octanol–water partition coefficient (Wildman–Crippen LogP) is 4.45. The first kappa shape index (κ1) is 33.7. The number of likely N-dealkylation sites (N-methyl/N-ethyl adjacent to an activating group) is 1. The third kappa shape index (κ3) is 5.10. The Bertz CT molecular complexity index is 1840. The first-order chi connectivity index (χ1) is 22.9. The molecule has 0 radical (unpaired) electrons. The number of aliphatic hydroxyl groups is 1. The second kappa shape index (κ2) is 12.7. The number of ketones is 4. The maximum atomic E-state index is 14.3. The summed E-state index contributed by atoms with van der Waals surface area (Å²) in [5.74, 6) is -9.94. The highest BCUT2D eigenvalue weighted by Gasteiger charge is 2.69. The molecule has 3 aromatic carbocycles. The van der Waals surface area contributed by atoms with E-state index >= 15 is 0 Å². The highest BCUT2D eigenvalue weighted by molar-refractivity contribution is 6.32. The van der Waals surface area contributed by atoms with Gasteiger partial charge in [-0.1, -0.05) is 82.0 Å². The number of primary amides is 1. The van der Waals surface area contributed by atoms with Crippen molar-refractivity contribution >= 4 is 39.8 Å². The Morgan fingerprint density at radius 3 is 2.21 bits per heavy atom. The van der Waals surface area contributed by atoms with E-state index in [0.717, 1.165) is 54.0 Å². The summed E-state index contributed by atoms with van der Waals surface area (Å²) in [6.45, 7) is 4.43. The average Bonchev–Trinajstić information content (AvgIpc) is 3.03. The Morgan fingerprint density at radius 2 is 1.58 bits per heavy atom. The Hall–Kier alpha value is -4.21. The molecule has 0 heterocycles. The molecule has 9 nitrogen and oxygen atoms in total. The van der Waals surface area contributed by atoms with E-state index < -0.39 is 64.4 Å². The molecule has 3 aliphatic carbocycles. The number of amides is 1. The monoisotopic (exact) mass is 652 g/mol. The quantitative estimate of drug-likeness (QED) is 0.287. The Kier molecular flexibility index (Phi) is 8.89. The predicted molar refractivity (Wildman–Crippen MR) is 181 cm³/mol. The van der Waals surface area contributed by atoms with Gasteiger partial charge in [-0.05, 0) is 84.3 Å². The summed E-state index contributed by atoms with van der Waals surface area (Å²) in [6.07, 6.45) is 5.75. The van der Waals surface area contributed by atoms with Gasteiger partial charge in [-0.2, -0.15) is 0 Å². The van der Waals surface area contributed by atoms with Gasteiger partial charge < -0.3 is 15.9 Å². The minimum Gasteiger partial charge on any atom is -0.507 e. The van der Waals surface area contributed by atoms with E-state index in [1.165, 1.54) is 16.5 Å². The molecular formula is C39H44N2O7. The molecule has 48 heavy (non-hydrogen) atoms. The van der Waals surface area contributed by atoms with E-state index in [0.29, 0.717) is 11.5 Å². The number of carbonyl (C=O) groups excluding carboxylic acids is 5. The molecule has 2 fully saturated rings. The Labute approximate surface area is 280 Å². The third-order valence-electron chi connectivity index (χ3n) is 11.2. The standard InChI is InChI=1S/C39H44N2O7/c1-5-9-20(10-6-2)17-21-13-14-25(24-12-8-7-11-23(21)24)26-15-16-29(42)31-27(26)18-22-19-28-33(41(3)4)35(44)32(38(40)47)37(46)39(28,48)36(45)30(22)34(31)43/h7-8,11-16,20,22,28,30,32-33,42,48H,5-6,9-10,17-19H2,1-4H3,(H2,40,47)/t22-,28-,30?,32?,33+,39-/m0/s1. The molecule has 3 aliphatic rings. The first-order valence-corrected chi connectivity index (χ1v) is 17.1. The summed E-state index contributed by atoms with van der Waals surface area (Å²) in [7, 11) is 3.15. The number of aromatic hydroxyl groups is 1. The van der Waals surface area contributed by atoms with Crippen LogP contribution in [0.3, 0.4) is 0 Å². The van der Waals surface area contributed by atoms with Crippen molar-refractivity contribution in [3.8, 4) is 16.9 Å². The molecule has 0 aromatic heterocycles. The molecule has 0 aliphatic heterocycles. The lowest BCUT2D eigenvalue weighted by Crippen LogP contribution is -2.74. The van der Waals surface area contributed by atoms with Gasteiger partial charge in [0.05, 0.1) is 17.5 Å². The normalized spacial score (nSPS) is 26.9. The number of phenolic OH excluding ortho intramolecular Hbond substituents is 1. The van der Waals surface area contributed by atoms with Crippen molar-refractivity contribution in [3.63, 3.8) is 0 Å². The molecule has 0 spiro atoms. The number of benzene rings is 3. The summed E-state index contributed by atoms with van der Waals surface area (Å²) in [6, 6.07) is 14.5. The van der Waals surface area contributed by atoms with Gasteiger partial charge in [0, 0.05) is 5.92 Å². The van der Waals surface area contributed by atoms with Crippen LogP contribution in [0.4, 0.5) is 0 Å². The van der Waals surface area contributed by atoms with Gasteiger partial charge in [-0.15, -0.1) is 0 Å². The van der Waals surface area contributed by atoms with Crippen LogP contribution < -0.4 is 5.73 Å². The number of rotatable bonds is 9. The van der Waals surface area contributed by atoms with Crippen molar-refractivity contribution in [2.75, 3.05) is 14.1 Å². The largest absolute Gasteiger partial charge is 0.507 e. The van der Waals surface area contributed by atoms with Crippen LogP contribution in [0.15, 0.2) is 48.5 Å². The number of carbonyl (C=O) groups is 5. The van der Waals surface area contributed by atoms with E-state index in [1.807, 2.05) is 12.1 Å². The summed E-state index contributed by atoms with van der Waals surface area (Å²) < 4.78 is 0. The number of Topliss-reactive ketones (excluding diaryl/α,β-unsaturated/α-hetero) is 4. The lowest BCUT2D eigenvalue weighted by atomic mass is 9.52. The Morgan fingerprint density at radius 1 is 0.938 bits per heavy atom. The molecule has 6 atom stereocenters. The molecule has 2 unspecified atom stereocenters. The number of nitrogens with two attached hydrogens (primary N) is 1. The lowest BCUT2D eigenvalue weighted by Gasteiger charge is -2.52. The molecular weight excluding hydrogens is 608 g/mol. The molecule has 0 saturated heterocycles. The molecule has 3 aromatic rings. The molecule has 1 amide bonds. The third-order valence-corrected chi connectivity index (χ3v) is 11.2. The number of nitrogens with zero attached hydrogens (tertiary/aromatic N) is 1. The zero-order valence-electron chi connectivity index (χ0n) is 28.0. The van der Waals surface area contributed by atoms with Crippen molar-refractivity contribution < 1.29 is 34.2 Å². The fourth-order valence-electron chi connectivity index (χ4n) is 9.11. The van der Waals surface area contributed by atoms with Gasteiger partial charge >= 0.3 is 0 Å². The molecule has 4 N–H and O–H groups in total. The fraction of sp³-hybridized carbons (Fsp3) is 0.462. The molecule has 6 rings (SSSR count). The summed E-state index contributed by atoms with van der Waals surface area (Å²) in [4.78, 5) is 69.2. The van der Waals surface area contributed by atoms with Gasteiger partial charge in [0.25, 0.3) is 0 Å². The molecule has 2 saturated carbocycles. The SMILES string of the molecule is CCCC(CCC)Cc1ccc(-c2ccc(O)c3c2C[C@H]2C[C@H]4[C@@H](N(C)C)C(=O)C(C(N)=O)C(=O)[C@@]4(O)C(=O)C2C3=O)c2ccccc12. The minimum atomic E-state index is -2.75. The highest BCUT2D eigenvalue weighted by Crippen LogP contribution is 2.52. The topological polar surface area (TPSA) is 155 Å². The minimum absolute atomic E-state index is 0.00166. The number of phenols is 1. The molecule has 252 valence electrons.